The van der Waals surface area contributed by atoms with Gasteiger partial charge in [0.25, 0.3) is 0 Å². The Morgan fingerprint density at radius 2 is 2.00 bits per heavy atom. The van der Waals surface area contributed by atoms with Gasteiger partial charge < -0.3 is 15.5 Å². The molecule has 0 saturated heterocycles. The van der Waals surface area contributed by atoms with Crippen molar-refractivity contribution in [3.63, 3.8) is 0 Å². The number of aliphatic imine (C=N–C) groups is 1. The van der Waals surface area contributed by atoms with Gasteiger partial charge in [0.15, 0.2) is 5.96 Å². The van der Waals surface area contributed by atoms with Crippen LogP contribution in [0.2, 0.25) is 0 Å². The number of rotatable bonds is 5. The van der Waals surface area contributed by atoms with E-state index in [2.05, 4.69) is 20.6 Å². The van der Waals surface area contributed by atoms with E-state index in [-0.39, 0.29) is 18.0 Å². The minimum Gasteiger partial charge on any atom is -0.356 e. The second-order valence-electron chi connectivity index (χ2n) is 6.62. The van der Waals surface area contributed by atoms with E-state index in [0.29, 0.717) is 5.96 Å². The van der Waals surface area contributed by atoms with Crippen LogP contribution < -0.4 is 10.6 Å². The van der Waals surface area contributed by atoms with E-state index in [1.54, 1.807) is 18.4 Å². The monoisotopic (exact) mass is 339 g/mol. The number of thiazole rings is 1. The second kappa shape index (κ2) is 8.29. The number of likely N-dealkylation sites (N-methyl/N-ethyl adjacent to an activating group) is 1. The van der Waals surface area contributed by atoms with Gasteiger partial charge in [-0.25, -0.2) is 4.98 Å². The van der Waals surface area contributed by atoms with Gasteiger partial charge in [-0.2, -0.15) is 0 Å². The Labute approximate surface area is 143 Å². The first-order valence-electron chi connectivity index (χ1n) is 7.78. The molecule has 1 aromatic heterocycles. The molecule has 1 aromatic rings. The molecule has 0 aliphatic rings. The number of guanidine groups is 1. The summed E-state index contributed by atoms with van der Waals surface area (Å²) in [6.45, 7) is 11.0. The Balaban J connectivity index is 2.47. The standard InChI is InChI=1S/C16H29N5OS/c1-11-13(23-12(2)19-11)8-9-18-15(17-6)21(7)10-14(22)20-16(3,4)5/h8-10H2,1-7H3,(H,17,18)(H,20,22). The van der Waals surface area contributed by atoms with Crippen molar-refractivity contribution in [3.05, 3.63) is 15.6 Å². The minimum absolute atomic E-state index is 0.0168. The Morgan fingerprint density at radius 1 is 1.35 bits per heavy atom. The maximum Gasteiger partial charge on any atom is 0.240 e. The van der Waals surface area contributed by atoms with Crippen LogP contribution in [-0.2, 0) is 11.2 Å². The fourth-order valence-corrected chi connectivity index (χ4v) is 3.16. The molecule has 2 N–H and O–H groups in total. The molecule has 0 aromatic carbocycles. The molecule has 130 valence electrons. The fraction of sp³-hybridized carbons (Fsp3) is 0.688. The van der Waals surface area contributed by atoms with E-state index < -0.39 is 0 Å². The summed E-state index contributed by atoms with van der Waals surface area (Å²) < 4.78 is 0. The zero-order valence-electron chi connectivity index (χ0n) is 15.3. The van der Waals surface area contributed by atoms with E-state index in [0.717, 1.165) is 23.7 Å². The van der Waals surface area contributed by atoms with Crippen molar-refractivity contribution in [1.29, 1.82) is 0 Å². The van der Waals surface area contributed by atoms with Crippen molar-refractivity contribution in [2.45, 2.75) is 46.6 Å². The molecule has 23 heavy (non-hydrogen) atoms. The fourth-order valence-electron chi connectivity index (χ4n) is 2.23. The molecule has 0 aliphatic heterocycles. The van der Waals surface area contributed by atoms with Crippen LogP contribution in [0, 0.1) is 13.8 Å². The van der Waals surface area contributed by atoms with Gasteiger partial charge in [0.05, 0.1) is 17.2 Å². The largest absolute Gasteiger partial charge is 0.356 e. The van der Waals surface area contributed by atoms with Gasteiger partial charge in [0, 0.05) is 37.5 Å². The number of aromatic nitrogens is 1. The van der Waals surface area contributed by atoms with Crippen LogP contribution in [-0.4, -0.2) is 54.5 Å². The predicted molar refractivity (Wildman–Crippen MR) is 97.2 cm³/mol. The first-order chi connectivity index (χ1) is 10.6. The summed E-state index contributed by atoms with van der Waals surface area (Å²) in [7, 11) is 3.59. The lowest BCUT2D eigenvalue weighted by molar-refractivity contribution is -0.122. The van der Waals surface area contributed by atoms with Gasteiger partial charge in [-0.3, -0.25) is 9.79 Å². The van der Waals surface area contributed by atoms with Gasteiger partial charge in [0.1, 0.15) is 0 Å². The van der Waals surface area contributed by atoms with Gasteiger partial charge in [-0.05, 0) is 34.6 Å². The number of hydrogen-bond acceptors (Lipinski definition) is 4. The van der Waals surface area contributed by atoms with Crippen molar-refractivity contribution in [2.24, 2.45) is 4.99 Å². The van der Waals surface area contributed by atoms with Crippen molar-refractivity contribution in [1.82, 2.24) is 20.5 Å². The number of amides is 1. The number of nitrogens with one attached hydrogen (secondary N) is 2. The molecule has 0 unspecified atom stereocenters. The second-order valence-corrected chi connectivity index (χ2v) is 7.91. The predicted octanol–water partition coefficient (Wildman–Crippen LogP) is 1.72. The highest BCUT2D eigenvalue weighted by Crippen LogP contribution is 2.17. The number of hydrogen-bond donors (Lipinski definition) is 2. The number of aryl methyl sites for hydroxylation is 2. The molecule has 0 spiro atoms. The first-order valence-corrected chi connectivity index (χ1v) is 8.59. The molecular weight excluding hydrogens is 310 g/mol. The Bertz CT molecular complexity index is 559. The Kier molecular flexibility index (Phi) is 7.00. The van der Waals surface area contributed by atoms with Crippen LogP contribution in [0.3, 0.4) is 0 Å². The SMILES string of the molecule is CN=C(NCCc1sc(C)nc1C)N(C)CC(=O)NC(C)(C)C. The molecule has 1 heterocycles. The lowest BCUT2D eigenvalue weighted by Crippen LogP contribution is -2.49. The molecule has 0 bridgehead atoms. The summed E-state index contributed by atoms with van der Waals surface area (Å²) in [6, 6.07) is 0. The van der Waals surface area contributed by atoms with Gasteiger partial charge in [-0.1, -0.05) is 0 Å². The molecule has 0 fully saturated rings. The average Bonchev–Trinajstić information content (AvgIpc) is 2.70. The highest BCUT2D eigenvalue weighted by Gasteiger charge is 2.16. The van der Waals surface area contributed by atoms with Crippen LogP contribution in [0.1, 0.15) is 36.3 Å². The zero-order valence-corrected chi connectivity index (χ0v) is 16.1. The first kappa shape index (κ1) is 19.4. The Hall–Kier alpha value is -1.63. The van der Waals surface area contributed by atoms with E-state index in [1.807, 2.05) is 46.6 Å². The normalized spacial score (nSPS) is 12.2. The molecule has 7 heteroatoms. The lowest BCUT2D eigenvalue weighted by Gasteiger charge is -2.25. The third-order valence-electron chi connectivity index (χ3n) is 3.10. The number of nitrogens with zero attached hydrogens (tertiary/aromatic N) is 3. The van der Waals surface area contributed by atoms with E-state index >= 15 is 0 Å². The summed E-state index contributed by atoms with van der Waals surface area (Å²) in [5.74, 6) is 0.699. The van der Waals surface area contributed by atoms with Crippen LogP contribution in [0.25, 0.3) is 0 Å². The van der Waals surface area contributed by atoms with Crippen LogP contribution >= 0.6 is 11.3 Å². The third-order valence-corrected chi connectivity index (χ3v) is 4.24. The van der Waals surface area contributed by atoms with E-state index in [1.165, 1.54) is 4.88 Å². The number of carbonyl (C=O) groups is 1. The van der Waals surface area contributed by atoms with E-state index in [4.69, 9.17) is 0 Å². The molecule has 0 saturated carbocycles. The summed E-state index contributed by atoms with van der Waals surface area (Å²) in [6.07, 6.45) is 0.901. The Morgan fingerprint density at radius 3 is 2.48 bits per heavy atom. The van der Waals surface area contributed by atoms with Crippen molar-refractivity contribution in [2.75, 3.05) is 27.2 Å². The summed E-state index contributed by atoms with van der Waals surface area (Å²) >= 11 is 1.73. The summed E-state index contributed by atoms with van der Waals surface area (Å²) in [5.41, 5.74) is 0.873. The quantitative estimate of drug-likeness (QED) is 0.633. The summed E-state index contributed by atoms with van der Waals surface area (Å²) in [4.78, 5) is 23.8. The minimum atomic E-state index is -0.226. The van der Waals surface area contributed by atoms with Crippen molar-refractivity contribution in [3.8, 4) is 0 Å². The smallest absolute Gasteiger partial charge is 0.240 e. The van der Waals surface area contributed by atoms with Gasteiger partial charge in [-0.15, -0.1) is 11.3 Å². The van der Waals surface area contributed by atoms with Gasteiger partial charge in [0.2, 0.25) is 5.91 Å². The third kappa shape index (κ3) is 6.99. The maximum atomic E-state index is 12.0. The molecule has 1 amide bonds. The van der Waals surface area contributed by atoms with Crippen molar-refractivity contribution >= 4 is 23.2 Å². The molecule has 1 rings (SSSR count). The highest BCUT2D eigenvalue weighted by molar-refractivity contribution is 7.11. The van der Waals surface area contributed by atoms with Crippen LogP contribution in [0.5, 0.6) is 0 Å². The zero-order chi connectivity index (χ0) is 17.6. The molecule has 0 atom stereocenters. The summed E-state index contributed by atoms with van der Waals surface area (Å²) in [5, 5.41) is 7.34. The van der Waals surface area contributed by atoms with E-state index in [9.17, 15) is 4.79 Å². The molecular formula is C16H29N5OS. The average molecular weight is 340 g/mol. The highest BCUT2D eigenvalue weighted by atomic mass is 32.1. The molecule has 6 nitrogen and oxygen atoms in total. The topological polar surface area (TPSA) is 69.6 Å². The van der Waals surface area contributed by atoms with Crippen molar-refractivity contribution < 1.29 is 4.79 Å². The van der Waals surface area contributed by atoms with Gasteiger partial charge >= 0.3 is 0 Å². The lowest BCUT2D eigenvalue weighted by atomic mass is 10.1. The molecule has 0 radical (unpaired) electrons. The van der Waals surface area contributed by atoms with Crippen LogP contribution in [0.15, 0.2) is 4.99 Å². The maximum absolute atomic E-state index is 12.0. The van der Waals surface area contributed by atoms with Crippen LogP contribution in [0.4, 0.5) is 0 Å². The molecule has 0 aliphatic carbocycles. The number of carbonyl (C=O) groups excluding carboxylic acids is 1.